The molecule has 2 N–H and O–H groups in total. The Bertz CT molecular complexity index is 726. The second kappa shape index (κ2) is 4.03. The Balaban J connectivity index is 1.86. The van der Waals surface area contributed by atoms with Crippen molar-refractivity contribution in [2.75, 3.05) is 5.73 Å². The molecule has 4 nitrogen and oxygen atoms in total. The number of ether oxygens (including phenoxy) is 1. The molecule has 0 unspecified atom stereocenters. The fourth-order valence-corrected chi connectivity index (χ4v) is 3.24. The molecule has 0 amide bonds. The van der Waals surface area contributed by atoms with Crippen LogP contribution >= 0.6 is 0 Å². The predicted octanol–water partition coefficient (Wildman–Crippen LogP) is 3.26. The number of hydrogen-bond donors (Lipinski definition) is 1. The van der Waals surface area contributed by atoms with Crippen LogP contribution in [0.4, 0.5) is 5.82 Å². The Hall–Kier alpha value is -1.97. The van der Waals surface area contributed by atoms with Crippen LogP contribution < -0.4 is 10.5 Å². The molecule has 0 radical (unpaired) electrons. The summed E-state index contributed by atoms with van der Waals surface area (Å²) in [6.07, 6.45) is 3.37. The smallest absolute Gasteiger partial charge is 0.133 e. The van der Waals surface area contributed by atoms with E-state index in [1.54, 1.807) is 0 Å². The molecule has 2 heterocycles. The summed E-state index contributed by atoms with van der Waals surface area (Å²) < 4.78 is 8.19. The number of fused-ring (bicyclic) bond motifs is 1. The number of hydrogen-bond acceptors (Lipinski definition) is 3. The topological polar surface area (TPSA) is 53.1 Å². The van der Waals surface area contributed by atoms with E-state index >= 15 is 0 Å². The number of rotatable bonds is 2. The largest absolute Gasteiger partial charge is 0.487 e. The molecule has 0 atom stereocenters. The van der Waals surface area contributed by atoms with Crippen LogP contribution in [0, 0.1) is 0 Å². The first-order valence-corrected chi connectivity index (χ1v) is 7.59. The van der Waals surface area contributed by atoms with Gasteiger partial charge < -0.3 is 15.0 Å². The number of benzene rings is 1. The van der Waals surface area contributed by atoms with E-state index in [9.17, 15) is 0 Å². The van der Waals surface area contributed by atoms with Crippen molar-refractivity contribution in [3.63, 3.8) is 0 Å². The summed E-state index contributed by atoms with van der Waals surface area (Å²) in [4.78, 5) is 4.82. The van der Waals surface area contributed by atoms with Crippen LogP contribution in [0.5, 0.6) is 5.75 Å². The Labute approximate surface area is 124 Å². The maximum absolute atomic E-state index is 6.31. The Morgan fingerprint density at radius 3 is 2.81 bits per heavy atom. The molecule has 1 saturated carbocycles. The van der Waals surface area contributed by atoms with Crippen LogP contribution in [0.1, 0.15) is 44.0 Å². The third-order valence-electron chi connectivity index (χ3n) is 4.46. The van der Waals surface area contributed by atoms with Gasteiger partial charge in [0.2, 0.25) is 0 Å². The number of para-hydroxylation sites is 1. The van der Waals surface area contributed by atoms with Gasteiger partial charge in [-0.05, 0) is 38.3 Å². The minimum absolute atomic E-state index is 0.151. The molecule has 2 aromatic rings. The predicted molar refractivity (Wildman–Crippen MR) is 83.4 cm³/mol. The van der Waals surface area contributed by atoms with Gasteiger partial charge in [0.05, 0.1) is 0 Å². The number of nitrogen functional groups attached to an aromatic ring is 1. The van der Waals surface area contributed by atoms with E-state index in [2.05, 4.69) is 32.0 Å². The van der Waals surface area contributed by atoms with Gasteiger partial charge in [0.15, 0.2) is 0 Å². The fraction of sp³-hybridized carbons (Fsp3) is 0.471. The second-order valence-electron chi connectivity index (χ2n) is 6.87. The third kappa shape index (κ3) is 1.93. The lowest BCUT2D eigenvalue weighted by Crippen LogP contribution is -2.24. The lowest BCUT2D eigenvalue weighted by molar-refractivity contribution is 0.139. The zero-order chi connectivity index (χ0) is 14.8. The minimum atomic E-state index is -0.151. The summed E-state index contributed by atoms with van der Waals surface area (Å²) in [5.74, 6) is 3.38. The van der Waals surface area contributed by atoms with Crippen molar-refractivity contribution < 1.29 is 4.74 Å². The van der Waals surface area contributed by atoms with Gasteiger partial charge in [-0.25, -0.2) is 4.98 Å². The van der Waals surface area contributed by atoms with Crippen LogP contribution in [0.25, 0.3) is 11.3 Å². The Morgan fingerprint density at radius 2 is 2.10 bits per heavy atom. The zero-order valence-corrected chi connectivity index (χ0v) is 12.8. The number of anilines is 1. The molecule has 0 bridgehead atoms. The first-order chi connectivity index (χ1) is 9.96. The summed E-state index contributed by atoms with van der Waals surface area (Å²) in [7, 11) is 2.01. The summed E-state index contributed by atoms with van der Waals surface area (Å²) in [6, 6.07) is 6.27. The van der Waals surface area contributed by atoms with Crippen LogP contribution in [-0.2, 0) is 13.5 Å². The summed E-state index contributed by atoms with van der Waals surface area (Å²) in [5.41, 5.74) is 9.30. The fourth-order valence-electron chi connectivity index (χ4n) is 3.24. The van der Waals surface area contributed by atoms with Crippen LogP contribution in [0.3, 0.4) is 0 Å². The molecule has 1 aromatic heterocycles. The summed E-state index contributed by atoms with van der Waals surface area (Å²) in [6.45, 7) is 4.24. The van der Waals surface area contributed by atoms with Crippen molar-refractivity contribution in [3.8, 4) is 17.0 Å². The Kier molecular flexibility index (Phi) is 2.44. The number of imidazole rings is 1. The van der Waals surface area contributed by atoms with Crippen LogP contribution in [0.15, 0.2) is 18.2 Å². The molecule has 4 rings (SSSR count). The first kappa shape index (κ1) is 12.7. The van der Waals surface area contributed by atoms with E-state index in [1.807, 2.05) is 11.6 Å². The van der Waals surface area contributed by atoms with Crippen LogP contribution in [0.2, 0.25) is 0 Å². The molecular weight excluding hydrogens is 262 g/mol. The zero-order valence-electron chi connectivity index (χ0n) is 12.8. The van der Waals surface area contributed by atoms with Crippen molar-refractivity contribution >= 4 is 5.82 Å². The van der Waals surface area contributed by atoms with E-state index in [0.717, 1.165) is 35.1 Å². The van der Waals surface area contributed by atoms with E-state index in [-0.39, 0.29) is 5.60 Å². The van der Waals surface area contributed by atoms with Crippen molar-refractivity contribution in [3.05, 3.63) is 29.6 Å². The lowest BCUT2D eigenvalue weighted by Gasteiger charge is -2.18. The van der Waals surface area contributed by atoms with Crippen molar-refractivity contribution in [1.29, 1.82) is 0 Å². The van der Waals surface area contributed by atoms with Crippen LogP contribution in [-0.4, -0.2) is 15.2 Å². The summed E-state index contributed by atoms with van der Waals surface area (Å²) >= 11 is 0. The van der Waals surface area contributed by atoms with Crippen molar-refractivity contribution in [1.82, 2.24) is 9.55 Å². The highest BCUT2D eigenvalue weighted by Gasteiger charge is 2.34. The van der Waals surface area contributed by atoms with Gasteiger partial charge in [-0.3, -0.25) is 0 Å². The average molecular weight is 283 g/mol. The summed E-state index contributed by atoms with van der Waals surface area (Å²) in [5, 5.41) is 0. The molecule has 0 saturated heterocycles. The van der Waals surface area contributed by atoms with Gasteiger partial charge in [0, 0.05) is 24.9 Å². The molecule has 1 aromatic carbocycles. The van der Waals surface area contributed by atoms with Crippen molar-refractivity contribution in [2.45, 2.75) is 44.6 Å². The quantitative estimate of drug-likeness (QED) is 0.920. The molecule has 110 valence electrons. The third-order valence-corrected chi connectivity index (χ3v) is 4.46. The highest BCUT2D eigenvalue weighted by molar-refractivity contribution is 5.78. The molecule has 21 heavy (non-hydrogen) atoms. The highest BCUT2D eigenvalue weighted by Crippen LogP contribution is 2.46. The maximum Gasteiger partial charge on any atom is 0.133 e. The molecular formula is C17H21N3O. The second-order valence-corrected chi connectivity index (χ2v) is 6.87. The van der Waals surface area contributed by atoms with E-state index in [4.69, 9.17) is 15.5 Å². The molecule has 0 spiro atoms. The number of nitrogens with zero attached hydrogens (tertiary/aromatic N) is 2. The normalized spacial score (nSPS) is 19.4. The first-order valence-electron chi connectivity index (χ1n) is 7.59. The molecule has 1 aliphatic carbocycles. The van der Waals surface area contributed by atoms with Gasteiger partial charge in [-0.15, -0.1) is 0 Å². The SMILES string of the molecule is Cn1c(C2CC2)nc(-c2cccc3c2OC(C)(C)C3)c1N. The van der Waals surface area contributed by atoms with Gasteiger partial charge in [-0.1, -0.05) is 12.1 Å². The van der Waals surface area contributed by atoms with Gasteiger partial charge in [-0.2, -0.15) is 0 Å². The average Bonchev–Trinajstić information content (AvgIpc) is 3.14. The minimum Gasteiger partial charge on any atom is -0.487 e. The standard InChI is InChI=1S/C17H21N3O/c1-17(2)9-11-5-4-6-12(14(11)21-17)13-15(18)20(3)16(19-13)10-7-8-10/h4-6,10H,7-9,18H2,1-3H3. The van der Waals surface area contributed by atoms with Crippen molar-refractivity contribution in [2.24, 2.45) is 7.05 Å². The van der Waals surface area contributed by atoms with E-state index in [1.165, 1.54) is 18.4 Å². The monoisotopic (exact) mass is 283 g/mol. The van der Waals surface area contributed by atoms with Gasteiger partial charge in [0.25, 0.3) is 0 Å². The van der Waals surface area contributed by atoms with E-state index in [0.29, 0.717) is 5.92 Å². The lowest BCUT2D eigenvalue weighted by atomic mass is 10.00. The Morgan fingerprint density at radius 1 is 1.33 bits per heavy atom. The molecule has 4 heteroatoms. The highest BCUT2D eigenvalue weighted by atomic mass is 16.5. The number of nitrogens with two attached hydrogens (primary N) is 1. The molecule has 2 aliphatic rings. The maximum atomic E-state index is 6.31. The van der Waals surface area contributed by atoms with E-state index < -0.39 is 0 Å². The number of aromatic nitrogens is 2. The van der Waals surface area contributed by atoms with Gasteiger partial charge in [0.1, 0.15) is 28.7 Å². The molecule has 1 aliphatic heterocycles. The molecule has 1 fully saturated rings. The van der Waals surface area contributed by atoms with Gasteiger partial charge >= 0.3 is 0 Å².